The molecule has 3 atom stereocenters. The van der Waals surface area contributed by atoms with E-state index in [1.54, 1.807) is 44.1 Å². The molecule has 0 radical (unpaired) electrons. The predicted octanol–water partition coefficient (Wildman–Crippen LogP) is -0.831. The summed E-state index contributed by atoms with van der Waals surface area (Å²) in [5, 5.41) is 5.07. The molecule has 0 aromatic heterocycles. The SMILES string of the molecule is CC1=NC2C=CC=C(NC(=O)CN(C)C)C2C(=O)N1C1CCC(=O)NC1=O. The number of carbonyl (C=O) groups is 4. The molecule has 9 heteroatoms. The molecule has 0 saturated carbocycles. The lowest BCUT2D eigenvalue weighted by Crippen LogP contribution is -2.60. The Balaban J connectivity index is 1.85. The van der Waals surface area contributed by atoms with Crippen molar-refractivity contribution >= 4 is 29.5 Å². The molecule has 1 saturated heterocycles. The number of fused-ring (bicyclic) bond motifs is 1. The second kappa shape index (κ2) is 7.43. The zero-order valence-corrected chi connectivity index (χ0v) is 15.6. The predicted molar refractivity (Wildman–Crippen MR) is 97.3 cm³/mol. The minimum absolute atomic E-state index is 0.170. The van der Waals surface area contributed by atoms with Gasteiger partial charge in [0.2, 0.25) is 23.6 Å². The Labute approximate surface area is 157 Å². The van der Waals surface area contributed by atoms with E-state index >= 15 is 0 Å². The first-order chi connectivity index (χ1) is 12.8. The Morgan fingerprint density at radius 3 is 2.78 bits per heavy atom. The lowest BCUT2D eigenvalue weighted by atomic mass is 9.87. The van der Waals surface area contributed by atoms with Gasteiger partial charge in [0.05, 0.1) is 12.6 Å². The molecule has 2 heterocycles. The number of amidine groups is 1. The summed E-state index contributed by atoms with van der Waals surface area (Å²) in [6.07, 6.45) is 5.67. The molecule has 4 amide bonds. The Morgan fingerprint density at radius 2 is 2.11 bits per heavy atom. The first-order valence-electron chi connectivity index (χ1n) is 8.82. The molecule has 0 aromatic rings. The molecule has 3 rings (SSSR count). The van der Waals surface area contributed by atoms with Gasteiger partial charge in [0.1, 0.15) is 17.8 Å². The normalized spacial score (nSPS) is 27.8. The van der Waals surface area contributed by atoms with Crippen LogP contribution in [0.5, 0.6) is 0 Å². The van der Waals surface area contributed by atoms with Crippen LogP contribution >= 0.6 is 0 Å². The highest BCUT2D eigenvalue weighted by Gasteiger charge is 2.45. The van der Waals surface area contributed by atoms with Gasteiger partial charge in [-0.25, -0.2) is 0 Å². The Hall–Kier alpha value is -2.81. The summed E-state index contributed by atoms with van der Waals surface area (Å²) in [7, 11) is 3.56. The van der Waals surface area contributed by atoms with Crippen molar-refractivity contribution in [2.75, 3.05) is 20.6 Å². The summed E-state index contributed by atoms with van der Waals surface area (Å²) in [5.41, 5.74) is 0.466. The van der Waals surface area contributed by atoms with E-state index in [-0.39, 0.29) is 37.1 Å². The summed E-state index contributed by atoms with van der Waals surface area (Å²) in [5.74, 6) is -1.64. The fourth-order valence-corrected chi connectivity index (χ4v) is 3.57. The van der Waals surface area contributed by atoms with Crippen LogP contribution in [0, 0.1) is 5.92 Å². The third-order valence-corrected chi connectivity index (χ3v) is 4.71. The number of nitrogens with one attached hydrogen (secondary N) is 2. The maximum atomic E-state index is 13.3. The molecule has 9 nitrogen and oxygen atoms in total. The standard InChI is InChI=1S/C18H23N5O4/c1-10-19-11-5-4-6-12(20-15(25)9-22(2)3)16(11)18(27)23(10)13-7-8-14(24)21-17(13)26/h4-6,11,13,16H,7-9H2,1-3H3,(H,20,25)(H,21,24,26). The molecular weight excluding hydrogens is 350 g/mol. The number of rotatable bonds is 4. The fraction of sp³-hybridized carbons (Fsp3) is 0.500. The number of allylic oxidation sites excluding steroid dienone is 2. The first-order valence-corrected chi connectivity index (χ1v) is 8.82. The van der Waals surface area contributed by atoms with Crippen LogP contribution < -0.4 is 10.6 Å². The van der Waals surface area contributed by atoms with E-state index in [1.807, 2.05) is 0 Å². The van der Waals surface area contributed by atoms with E-state index in [2.05, 4.69) is 15.6 Å². The van der Waals surface area contributed by atoms with Crippen molar-refractivity contribution in [1.82, 2.24) is 20.4 Å². The molecule has 3 unspecified atom stereocenters. The van der Waals surface area contributed by atoms with Crippen LogP contribution in [0.3, 0.4) is 0 Å². The van der Waals surface area contributed by atoms with E-state index in [1.165, 1.54) is 4.90 Å². The minimum Gasteiger partial charge on any atom is -0.328 e. The largest absolute Gasteiger partial charge is 0.328 e. The molecule has 2 N–H and O–H groups in total. The number of carbonyl (C=O) groups excluding carboxylic acids is 4. The zero-order valence-electron chi connectivity index (χ0n) is 15.6. The summed E-state index contributed by atoms with van der Waals surface area (Å²) in [6, 6.07) is -1.20. The van der Waals surface area contributed by atoms with Gasteiger partial charge in [-0.3, -0.25) is 34.4 Å². The minimum atomic E-state index is -0.774. The molecule has 27 heavy (non-hydrogen) atoms. The number of likely N-dealkylation sites (N-methyl/N-ethyl adjacent to an activating group) is 1. The molecule has 0 bridgehead atoms. The Kier molecular flexibility index (Phi) is 5.22. The van der Waals surface area contributed by atoms with Gasteiger partial charge in [-0.05, 0) is 33.5 Å². The summed E-state index contributed by atoms with van der Waals surface area (Å²) in [6.45, 7) is 1.86. The van der Waals surface area contributed by atoms with Gasteiger partial charge in [0, 0.05) is 12.1 Å². The number of hydrogen-bond donors (Lipinski definition) is 2. The van der Waals surface area contributed by atoms with E-state index in [4.69, 9.17) is 0 Å². The molecule has 3 aliphatic rings. The molecule has 0 aromatic carbocycles. The highest BCUT2D eigenvalue weighted by atomic mass is 16.2. The monoisotopic (exact) mass is 373 g/mol. The maximum absolute atomic E-state index is 13.3. The number of piperidine rings is 1. The summed E-state index contributed by atoms with van der Waals surface area (Å²) < 4.78 is 0. The highest BCUT2D eigenvalue weighted by molar-refractivity contribution is 6.09. The lowest BCUT2D eigenvalue weighted by Gasteiger charge is -2.40. The number of nitrogens with zero attached hydrogens (tertiary/aromatic N) is 3. The van der Waals surface area contributed by atoms with Crippen LogP contribution in [-0.4, -0.2) is 72.0 Å². The van der Waals surface area contributed by atoms with Crippen molar-refractivity contribution in [3.05, 3.63) is 23.9 Å². The number of imide groups is 1. The van der Waals surface area contributed by atoms with Crippen LogP contribution in [0.1, 0.15) is 19.8 Å². The van der Waals surface area contributed by atoms with Crippen LogP contribution in [0.15, 0.2) is 28.9 Å². The Morgan fingerprint density at radius 1 is 1.37 bits per heavy atom. The second-order valence-corrected chi connectivity index (χ2v) is 7.11. The second-order valence-electron chi connectivity index (χ2n) is 7.11. The van der Waals surface area contributed by atoms with E-state index in [0.29, 0.717) is 11.5 Å². The first kappa shape index (κ1) is 19.0. The van der Waals surface area contributed by atoms with Crippen LogP contribution in [-0.2, 0) is 19.2 Å². The smallest absolute Gasteiger partial charge is 0.249 e. The van der Waals surface area contributed by atoms with Crippen molar-refractivity contribution in [2.24, 2.45) is 10.9 Å². The van der Waals surface area contributed by atoms with Gasteiger partial charge in [0.15, 0.2) is 0 Å². The lowest BCUT2D eigenvalue weighted by molar-refractivity contribution is -0.144. The number of aliphatic imine (C=N–C) groups is 1. The third-order valence-electron chi connectivity index (χ3n) is 4.71. The van der Waals surface area contributed by atoms with Crippen molar-refractivity contribution in [3.8, 4) is 0 Å². The summed E-state index contributed by atoms with van der Waals surface area (Å²) in [4.78, 5) is 56.7. The third kappa shape index (κ3) is 3.82. The van der Waals surface area contributed by atoms with E-state index in [9.17, 15) is 19.2 Å². The summed E-state index contributed by atoms with van der Waals surface area (Å²) >= 11 is 0. The Bertz CT molecular complexity index is 783. The molecule has 144 valence electrons. The van der Waals surface area contributed by atoms with Gasteiger partial charge in [-0.15, -0.1) is 0 Å². The van der Waals surface area contributed by atoms with E-state index < -0.39 is 23.9 Å². The fourth-order valence-electron chi connectivity index (χ4n) is 3.57. The van der Waals surface area contributed by atoms with Crippen molar-refractivity contribution in [1.29, 1.82) is 0 Å². The highest BCUT2D eigenvalue weighted by Crippen LogP contribution is 2.30. The maximum Gasteiger partial charge on any atom is 0.249 e. The van der Waals surface area contributed by atoms with Crippen molar-refractivity contribution < 1.29 is 19.2 Å². The van der Waals surface area contributed by atoms with Gasteiger partial charge < -0.3 is 10.2 Å². The zero-order chi connectivity index (χ0) is 19.7. The average Bonchev–Trinajstić information content (AvgIpc) is 2.55. The van der Waals surface area contributed by atoms with Gasteiger partial charge >= 0.3 is 0 Å². The average molecular weight is 373 g/mol. The van der Waals surface area contributed by atoms with Crippen molar-refractivity contribution in [2.45, 2.75) is 31.8 Å². The van der Waals surface area contributed by atoms with Crippen molar-refractivity contribution in [3.63, 3.8) is 0 Å². The molecule has 2 aliphatic heterocycles. The van der Waals surface area contributed by atoms with Crippen LogP contribution in [0.2, 0.25) is 0 Å². The van der Waals surface area contributed by atoms with Crippen LogP contribution in [0.25, 0.3) is 0 Å². The molecular formula is C18H23N5O4. The van der Waals surface area contributed by atoms with Gasteiger partial charge in [-0.1, -0.05) is 12.2 Å². The number of hydrogen-bond acceptors (Lipinski definition) is 6. The number of amides is 4. The molecule has 1 fully saturated rings. The topological polar surface area (TPSA) is 111 Å². The molecule has 0 spiro atoms. The molecule has 1 aliphatic carbocycles. The van der Waals surface area contributed by atoms with E-state index in [0.717, 1.165) is 0 Å². The van der Waals surface area contributed by atoms with Crippen LogP contribution in [0.4, 0.5) is 0 Å². The quantitative estimate of drug-likeness (QED) is 0.625. The van der Waals surface area contributed by atoms with Gasteiger partial charge in [-0.2, -0.15) is 0 Å². The van der Waals surface area contributed by atoms with Gasteiger partial charge in [0.25, 0.3) is 0 Å².